The molecule has 0 radical (unpaired) electrons. The van der Waals surface area contributed by atoms with Gasteiger partial charge >= 0.3 is 0 Å². The number of rotatable bonds is 3. The SMILES string of the molecule is O=C1c2cc(-c3ccccc3)ccc2N[C@H](c2ccccc2)N1c1ccccc1. The summed E-state index contributed by atoms with van der Waals surface area (Å²) in [6, 6.07) is 36.1. The van der Waals surface area contributed by atoms with Crippen molar-refractivity contribution in [2.45, 2.75) is 6.17 Å². The Morgan fingerprint density at radius 3 is 1.97 bits per heavy atom. The van der Waals surface area contributed by atoms with Crippen LogP contribution in [0.25, 0.3) is 11.1 Å². The quantitative estimate of drug-likeness (QED) is 0.467. The molecule has 1 heterocycles. The topological polar surface area (TPSA) is 32.3 Å². The lowest BCUT2D eigenvalue weighted by Gasteiger charge is -2.38. The minimum absolute atomic E-state index is 0.00316. The van der Waals surface area contributed by atoms with Crippen LogP contribution in [0, 0.1) is 0 Å². The third-order valence-electron chi connectivity index (χ3n) is 5.28. The second-order valence-corrected chi connectivity index (χ2v) is 7.09. The van der Waals surface area contributed by atoms with Crippen LogP contribution in [0.2, 0.25) is 0 Å². The first-order valence-electron chi connectivity index (χ1n) is 9.71. The zero-order valence-electron chi connectivity index (χ0n) is 15.8. The summed E-state index contributed by atoms with van der Waals surface area (Å²) in [6.45, 7) is 0. The van der Waals surface area contributed by atoms with Crippen LogP contribution in [0.1, 0.15) is 22.1 Å². The van der Waals surface area contributed by atoms with Crippen molar-refractivity contribution in [2.24, 2.45) is 0 Å². The fourth-order valence-corrected chi connectivity index (χ4v) is 3.84. The Balaban J connectivity index is 1.63. The number of amides is 1. The first kappa shape index (κ1) is 17.3. The zero-order chi connectivity index (χ0) is 19.6. The summed E-state index contributed by atoms with van der Waals surface area (Å²) in [5, 5.41) is 3.58. The number of para-hydroxylation sites is 1. The van der Waals surface area contributed by atoms with Gasteiger partial charge in [0, 0.05) is 11.4 Å². The van der Waals surface area contributed by atoms with Crippen molar-refractivity contribution in [2.75, 3.05) is 10.2 Å². The minimum Gasteiger partial charge on any atom is -0.360 e. The molecule has 0 saturated heterocycles. The summed E-state index contributed by atoms with van der Waals surface area (Å²) < 4.78 is 0. The van der Waals surface area contributed by atoms with E-state index in [0.29, 0.717) is 5.56 Å². The van der Waals surface area contributed by atoms with Gasteiger partial charge in [-0.2, -0.15) is 0 Å². The summed E-state index contributed by atoms with van der Waals surface area (Å²) in [5.41, 5.74) is 5.58. The van der Waals surface area contributed by atoms with E-state index in [1.807, 2.05) is 95.9 Å². The highest BCUT2D eigenvalue weighted by Gasteiger charge is 2.34. The maximum atomic E-state index is 13.7. The standard InChI is InChI=1S/C26H20N2O/c29-26-23-18-21(19-10-4-1-5-11-19)16-17-24(23)27-25(20-12-6-2-7-13-20)28(26)22-14-8-3-9-15-22/h1-18,25,27H/t25-/m0/s1. The van der Waals surface area contributed by atoms with Gasteiger partial charge in [0.2, 0.25) is 0 Å². The fraction of sp³-hybridized carbons (Fsp3) is 0.0385. The molecule has 1 aliphatic rings. The van der Waals surface area contributed by atoms with Crippen molar-refractivity contribution in [3.8, 4) is 11.1 Å². The normalized spacial score (nSPS) is 15.5. The number of nitrogens with zero attached hydrogens (tertiary/aromatic N) is 1. The number of anilines is 2. The summed E-state index contributed by atoms with van der Waals surface area (Å²) in [6.07, 6.45) is -0.263. The molecule has 0 aliphatic carbocycles. The summed E-state index contributed by atoms with van der Waals surface area (Å²) in [7, 11) is 0. The molecule has 0 bridgehead atoms. The highest BCUT2D eigenvalue weighted by Crippen LogP contribution is 2.38. The number of fused-ring (bicyclic) bond motifs is 1. The number of carbonyl (C=O) groups is 1. The molecule has 1 N–H and O–H groups in total. The highest BCUT2D eigenvalue weighted by molar-refractivity contribution is 6.12. The Bertz CT molecular complexity index is 1140. The highest BCUT2D eigenvalue weighted by atomic mass is 16.2. The van der Waals surface area contributed by atoms with Crippen LogP contribution in [-0.2, 0) is 0 Å². The third-order valence-corrected chi connectivity index (χ3v) is 5.28. The molecular weight excluding hydrogens is 356 g/mol. The van der Waals surface area contributed by atoms with Gasteiger partial charge in [-0.05, 0) is 41.0 Å². The summed E-state index contributed by atoms with van der Waals surface area (Å²) in [5.74, 6) is -0.00316. The molecule has 0 unspecified atom stereocenters. The molecule has 1 atom stereocenters. The Morgan fingerprint density at radius 2 is 1.28 bits per heavy atom. The van der Waals surface area contributed by atoms with Crippen molar-refractivity contribution in [3.63, 3.8) is 0 Å². The van der Waals surface area contributed by atoms with Crippen molar-refractivity contribution in [3.05, 3.63) is 120 Å². The molecular formula is C26H20N2O. The molecule has 29 heavy (non-hydrogen) atoms. The molecule has 3 nitrogen and oxygen atoms in total. The molecule has 1 amide bonds. The molecule has 5 rings (SSSR count). The van der Waals surface area contributed by atoms with Crippen LogP contribution >= 0.6 is 0 Å². The predicted molar refractivity (Wildman–Crippen MR) is 118 cm³/mol. The van der Waals surface area contributed by atoms with E-state index in [1.54, 1.807) is 0 Å². The Morgan fingerprint density at radius 1 is 0.655 bits per heavy atom. The second kappa shape index (κ2) is 7.28. The first-order chi connectivity index (χ1) is 14.3. The number of nitrogens with one attached hydrogen (secondary N) is 1. The number of hydrogen-bond acceptors (Lipinski definition) is 2. The number of benzene rings is 4. The lowest BCUT2D eigenvalue weighted by atomic mass is 9.97. The van der Waals surface area contributed by atoms with Crippen molar-refractivity contribution in [1.82, 2.24) is 0 Å². The van der Waals surface area contributed by atoms with Crippen molar-refractivity contribution >= 4 is 17.3 Å². The smallest absolute Gasteiger partial charge is 0.262 e. The van der Waals surface area contributed by atoms with Gasteiger partial charge in [-0.3, -0.25) is 9.69 Å². The van der Waals surface area contributed by atoms with Crippen LogP contribution in [0.15, 0.2) is 109 Å². The van der Waals surface area contributed by atoms with Crippen LogP contribution in [0.4, 0.5) is 11.4 Å². The maximum absolute atomic E-state index is 13.7. The van der Waals surface area contributed by atoms with Crippen LogP contribution in [0.5, 0.6) is 0 Å². The first-order valence-corrected chi connectivity index (χ1v) is 9.71. The van der Waals surface area contributed by atoms with Crippen LogP contribution in [0.3, 0.4) is 0 Å². The second-order valence-electron chi connectivity index (χ2n) is 7.09. The molecule has 1 aliphatic heterocycles. The molecule has 0 aromatic heterocycles. The van der Waals surface area contributed by atoms with Gasteiger partial charge in [0.15, 0.2) is 0 Å². The molecule has 140 valence electrons. The number of carbonyl (C=O) groups excluding carboxylic acids is 1. The molecule has 4 aromatic carbocycles. The monoisotopic (exact) mass is 376 g/mol. The molecule has 0 saturated carbocycles. The average molecular weight is 376 g/mol. The van der Waals surface area contributed by atoms with E-state index in [4.69, 9.17) is 0 Å². The van der Waals surface area contributed by atoms with Crippen molar-refractivity contribution < 1.29 is 4.79 Å². The van der Waals surface area contributed by atoms with Gasteiger partial charge in [-0.25, -0.2) is 0 Å². The van der Waals surface area contributed by atoms with Gasteiger partial charge < -0.3 is 5.32 Å². The average Bonchev–Trinajstić information content (AvgIpc) is 2.80. The van der Waals surface area contributed by atoms with Gasteiger partial charge in [0.25, 0.3) is 5.91 Å². The maximum Gasteiger partial charge on any atom is 0.262 e. The summed E-state index contributed by atoms with van der Waals surface area (Å²) >= 11 is 0. The molecule has 0 fully saturated rings. The number of hydrogen-bond donors (Lipinski definition) is 1. The third kappa shape index (κ3) is 3.17. The van der Waals surface area contributed by atoms with E-state index in [9.17, 15) is 4.79 Å². The predicted octanol–water partition coefficient (Wildman–Crippen LogP) is 6.12. The van der Waals surface area contributed by atoms with Gasteiger partial charge in [-0.15, -0.1) is 0 Å². The van der Waals surface area contributed by atoms with Crippen LogP contribution < -0.4 is 10.2 Å². The molecule has 3 heteroatoms. The van der Waals surface area contributed by atoms with Gasteiger partial charge in [-0.1, -0.05) is 84.9 Å². The summed E-state index contributed by atoms with van der Waals surface area (Å²) in [4.78, 5) is 15.5. The molecule has 4 aromatic rings. The van der Waals surface area contributed by atoms with E-state index >= 15 is 0 Å². The Kier molecular flexibility index (Phi) is 4.34. The van der Waals surface area contributed by atoms with Gasteiger partial charge in [0.1, 0.15) is 6.17 Å². The van der Waals surface area contributed by atoms with E-state index in [0.717, 1.165) is 28.1 Å². The molecule has 0 spiro atoms. The largest absolute Gasteiger partial charge is 0.360 e. The lowest BCUT2D eigenvalue weighted by Crippen LogP contribution is -2.43. The minimum atomic E-state index is -0.263. The lowest BCUT2D eigenvalue weighted by molar-refractivity contribution is 0.0975. The van der Waals surface area contributed by atoms with Crippen LogP contribution in [-0.4, -0.2) is 5.91 Å². The Labute approximate surface area is 170 Å². The van der Waals surface area contributed by atoms with E-state index in [2.05, 4.69) is 23.5 Å². The van der Waals surface area contributed by atoms with E-state index in [-0.39, 0.29) is 12.1 Å². The fourth-order valence-electron chi connectivity index (χ4n) is 3.84. The van der Waals surface area contributed by atoms with E-state index in [1.165, 1.54) is 0 Å². The zero-order valence-corrected chi connectivity index (χ0v) is 15.8. The van der Waals surface area contributed by atoms with Crippen molar-refractivity contribution in [1.29, 1.82) is 0 Å². The van der Waals surface area contributed by atoms with E-state index < -0.39 is 0 Å². The van der Waals surface area contributed by atoms with Gasteiger partial charge in [0.05, 0.1) is 5.56 Å². The Hall–Kier alpha value is -3.85.